The summed E-state index contributed by atoms with van der Waals surface area (Å²) in [7, 11) is 0. The number of anilines is 1. The van der Waals surface area contributed by atoms with Crippen molar-refractivity contribution in [1.82, 2.24) is 30.4 Å². The molecule has 6 rings (SSSR count). The fourth-order valence-electron chi connectivity index (χ4n) is 4.87. The van der Waals surface area contributed by atoms with E-state index in [9.17, 15) is 34.2 Å². The number of nitrogens with zero attached hydrogens (tertiary/aromatic N) is 6. The van der Waals surface area contributed by atoms with Crippen LogP contribution in [0.5, 0.6) is 5.75 Å². The fraction of sp³-hybridized carbons (Fsp3) is 0.200. The smallest absolute Gasteiger partial charge is 0.277 e. The Balaban J connectivity index is 1.07. The number of thiazole rings is 1. The van der Waals surface area contributed by atoms with Crippen LogP contribution in [0, 0.1) is 0 Å². The van der Waals surface area contributed by atoms with E-state index in [0.29, 0.717) is 17.7 Å². The highest BCUT2D eigenvalue weighted by Crippen LogP contribution is 2.40. The maximum atomic E-state index is 13.4. The molecule has 268 valence electrons. The van der Waals surface area contributed by atoms with Crippen LogP contribution in [-0.4, -0.2) is 89.1 Å². The Bertz CT molecular complexity index is 2200. The van der Waals surface area contributed by atoms with Gasteiger partial charge in [0.2, 0.25) is 11.3 Å². The van der Waals surface area contributed by atoms with E-state index >= 15 is 0 Å². The molecule has 0 aromatic carbocycles. The summed E-state index contributed by atoms with van der Waals surface area (Å²) in [6.45, 7) is 0.312. The Kier molecular flexibility index (Phi) is 10.7. The lowest BCUT2D eigenvalue weighted by molar-refractivity contribution is -0.687. The summed E-state index contributed by atoms with van der Waals surface area (Å²) in [6.07, 6.45) is 7.69. The number of oxime groups is 1. The van der Waals surface area contributed by atoms with Crippen molar-refractivity contribution in [2.24, 2.45) is 10.9 Å². The van der Waals surface area contributed by atoms with Crippen LogP contribution >= 0.6 is 34.9 Å². The van der Waals surface area contributed by atoms with Gasteiger partial charge in [-0.15, -0.1) is 33.3 Å². The van der Waals surface area contributed by atoms with Crippen molar-refractivity contribution < 1.29 is 43.2 Å². The summed E-state index contributed by atoms with van der Waals surface area (Å²) in [4.78, 5) is 75.0. The van der Waals surface area contributed by atoms with E-state index < -0.39 is 46.3 Å². The molecular weight excluding hydrogens is 741 g/mol. The molecule has 1 fully saturated rings. The number of primary amides is 1. The number of aliphatic carboxylic acids is 1. The fourth-order valence-corrected chi connectivity index (χ4v) is 7.31. The molecule has 3 amide bonds. The highest BCUT2D eigenvalue weighted by atomic mass is 32.2. The number of rotatable bonds is 14. The minimum atomic E-state index is -1.54. The van der Waals surface area contributed by atoms with Gasteiger partial charge in [-0.25, -0.2) is 9.55 Å². The van der Waals surface area contributed by atoms with Crippen molar-refractivity contribution in [3.05, 3.63) is 87.1 Å². The van der Waals surface area contributed by atoms with Crippen LogP contribution < -0.4 is 31.9 Å². The number of β-lactam (4-membered cyclic amide) rings is 1. The quantitative estimate of drug-likeness (QED) is 0.0250. The maximum absolute atomic E-state index is 13.4. The first-order chi connectivity index (χ1) is 25.0. The number of carbonyl (C=O) groups is 4. The van der Waals surface area contributed by atoms with E-state index in [4.69, 9.17) is 20.7 Å². The van der Waals surface area contributed by atoms with E-state index in [1.807, 2.05) is 0 Å². The lowest BCUT2D eigenvalue weighted by Crippen LogP contribution is -2.71. The molecule has 0 bridgehead atoms. The van der Waals surface area contributed by atoms with Crippen LogP contribution in [-0.2, 0) is 25.8 Å². The highest BCUT2D eigenvalue weighted by molar-refractivity contribution is 8.00. The van der Waals surface area contributed by atoms with Crippen LogP contribution in [0.4, 0.5) is 5.13 Å². The molecule has 0 saturated carbocycles. The number of amides is 3. The Morgan fingerprint density at radius 2 is 2.08 bits per heavy atom. The Labute approximate surface area is 304 Å². The summed E-state index contributed by atoms with van der Waals surface area (Å²) < 4.78 is 7.25. The van der Waals surface area contributed by atoms with E-state index in [-0.39, 0.29) is 57.2 Å². The third-order valence-electron chi connectivity index (χ3n) is 7.35. The van der Waals surface area contributed by atoms with Crippen molar-refractivity contribution in [1.29, 1.82) is 0 Å². The second-order valence-electron chi connectivity index (χ2n) is 10.7. The summed E-state index contributed by atoms with van der Waals surface area (Å²) in [5, 5.41) is 37.0. The van der Waals surface area contributed by atoms with E-state index in [0.717, 1.165) is 40.3 Å². The minimum absolute atomic E-state index is 0.0263. The Hall–Kier alpha value is -6.00. The topological polar surface area (TPSA) is 289 Å². The number of nitrogen functional groups attached to an aromatic ring is 1. The number of thioether (sulfide) groups is 2. The molecule has 7 N–H and O–H groups in total. The van der Waals surface area contributed by atoms with E-state index in [1.54, 1.807) is 41.2 Å². The van der Waals surface area contributed by atoms with Gasteiger partial charge >= 0.3 is 0 Å². The van der Waals surface area contributed by atoms with Crippen molar-refractivity contribution in [3.63, 3.8) is 0 Å². The Morgan fingerprint density at radius 1 is 1.29 bits per heavy atom. The molecule has 2 aliphatic rings. The third-order valence-corrected chi connectivity index (χ3v) is 10.1. The number of H-pyrrole nitrogens is 1. The molecular formula is C30H26N10O9S3. The first-order valence-electron chi connectivity index (χ1n) is 15.0. The molecule has 52 heavy (non-hydrogen) atoms. The number of allylic oxidation sites excluding steroid dienone is 2. The van der Waals surface area contributed by atoms with E-state index in [1.165, 1.54) is 17.1 Å². The zero-order valence-electron chi connectivity index (χ0n) is 26.5. The zero-order valence-corrected chi connectivity index (χ0v) is 28.9. The number of pyridine rings is 2. The van der Waals surface area contributed by atoms with Crippen molar-refractivity contribution in [2.45, 2.75) is 23.2 Å². The molecule has 0 radical (unpaired) electrons. The largest absolute Gasteiger partial charge is 0.543 e. The number of nitrogens with one attached hydrogen (secondary N) is 2. The predicted octanol–water partition coefficient (Wildman–Crippen LogP) is -1.27. The van der Waals surface area contributed by atoms with Gasteiger partial charge in [-0.3, -0.25) is 24.1 Å². The molecule has 4 aromatic rings. The number of fused-ring (bicyclic) bond motifs is 1. The number of hydrogen-bond acceptors (Lipinski definition) is 17. The monoisotopic (exact) mass is 766 g/mol. The molecule has 2 atom stereocenters. The van der Waals surface area contributed by atoms with Crippen LogP contribution in [0.1, 0.15) is 16.1 Å². The van der Waals surface area contributed by atoms with Crippen LogP contribution in [0.3, 0.4) is 0 Å². The summed E-state index contributed by atoms with van der Waals surface area (Å²) in [5.41, 5.74) is 10.9. The van der Waals surface area contributed by atoms with Gasteiger partial charge in [-0.1, -0.05) is 23.0 Å². The number of aromatic nitrogens is 5. The summed E-state index contributed by atoms with van der Waals surface area (Å²) >= 11 is 3.42. The molecule has 19 nitrogen and oxygen atoms in total. The van der Waals surface area contributed by atoms with Crippen molar-refractivity contribution in [2.75, 3.05) is 23.8 Å². The second-order valence-corrected chi connectivity index (χ2v) is 13.8. The summed E-state index contributed by atoms with van der Waals surface area (Å²) in [5.74, 6) is -3.53. The van der Waals surface area contributed by atoms with Gasteiger partial charge in [-0.2, -0.15) is 0 Å². The molecule has 0 spiro atoms. The van der Waals surface area contributed by atoms with Gasteiger partial charge in [0.15, 0.2) is 35.5 Å². The van der Waals surface area contributed by atoms with Gasteiger partial charge in [0, 0.05) is 41.3 Å². The molecule has 0 aliphatic carbocycles. The van der Waals surface area contributed by atoms with E-state index in [2.05, 4.69) is 30.6 Å². The van der Waals surface area contributed by atoms with Crippen LogP contribution in [0.2, 0.25) is 0 Å². The van der Waals surface area contributed by atoms with Gasteiger partial charge in [0.1, 0.15) is 29.4 Å². The standard InChI is InChI=1S/C30H26N10O9S3/c31-23(43)14-3-6-39(7-4-14)5-1-2-15-12-51-27-21(26(45)40(27)22(15)28(46)47)35-24(44)20(17-13-52-29(32)34-17)38-48-8-9-50-30-37-36-25(49-30)16-10-18(41)19(42)11-33-16/h1-4,6-7,10-11,13,21,27H,5,8-9,12,31H2,(H5,32,34,35,43,44,46,47)/b2-1+,38-20-/t21-,27-/m1/s1. The lowest BCUT2D eigenvalue weighted by Gasteiger charge is -2.50. The average molecular weight is 767 g/mol. The first kappa shape index (κ1) is 35.8. The maximum Gasteiger partial charge on any atom is 0.277 e. The molecule has 1 saturated heterocycles. The Morgan fingerprint density at radius 3 is 2.77 bits per heavy atom. The van der Waals surface area contributed by atoms with Gasteiger partial charge in [-0.05, 0) is 11.6 Å². The molecule has 22 heteroatoms. The zero-order chi connectivity index (χ0) is 36.9. The van der Waals surface area contributed by atoms with Crippen molar-refractivity contribution in [3.8, 4) is 17.3 Å². The van der Waals surface area contributed by atoms with Crippen LogP contribution in [0.25, 0.3) is 11.6 Å². The average Bonchev–Trinajstić information content (AvgIpc) is 3.78. The SMILES string of the molecule is NC(=O)c1cc[n+](C/C=C/C2=C(C(=O)[O-])N3C(=O)[C@@H](NC(=O)/C(=N\OCCSc4nnc(-c5cc(=O)c(O)c[nH]5)o4)c4csc(N)n4)[C@H]3SC2)cc1. The number of aromatic hydroxyl groups is 1. The second kappa shape index (κ2) is 15.5. The number of nitrogens with two attached hydrogens (primary N) is 2. The molecule has 0 unspecified atom stereocenters. The number of carboxylic acid groups (broad SMARTS) is 1. The third kappa shape index (κ3) is 7.82. The molecule has 6 heterocycles. The number of carboxylic acids is 1. The minimum Gasteiger partial charge on any atom is -0.543 e. The normalized spacial score (nSPS) is 17.2. The highest BCUT2D eigenvalue weighted by Gasteiger charge is 2.53. The number of carbonyl (C=O) groups excluding carboxylic acids is 4. The lowest BCUT2D eigenvalue weighted by atomic mass is 10.0. The van der Waals surface area contributed by atoms with Gasteiger partial charge in [0.25, 0.3) is 22.9 Å². The van der Waals surface area contributed by atoms with Gasteiger partial charge < -0.3 is 46.0 Å². The van der Waals surface area contributed by atoms with Crippen molar-refractivity contribution >= 4 is 69.4 Å². The number of hydrogen-bond donors (Lipinski definition) is 5. The molecule has 4 aromatic heterocycles. The number of aromatic amines is 1. The molecule has 2 aliphatic heterocycles. The van der Waals surface area contributed by atoms with Gasteiger partial charge in [0.05, 0.1) is 17.2 Å². The predicted molar refractivity (Wildman–Crippen MR) is 183 cm³/mol. The first-order valence-corrected chi connectivity index (χ1v) is 17.9. The van der Waals surface area contributed by atoms with Crippen LogP contribution in [0.15, 0.2) is 85.2 Å². The summed E-state index contributed by atoms with van der Waals surface area (Å²) in [6, 6.07) is 3.15.